The second-order valence-corrected chi connectivity index (χ2v) is 6.22. The minimum Gasteiger partial charge on any atom is -0.481 e. The lowest BCUT2D eigenvalue weighted by Gasteiger charge is -2.20. The largest absolute Gasteiger partial charge is 0.481 e. The van der Waals surface area contributed by atoms with E-state index in [4.69, 9.17) is 26.2 Å². The Morgan fingerprint density at radius 1 is 0.929 bits per heavy atom. The van der Waals surface area contributed by atoms with E-state index in [2.05, 4.69) is 0 Å². The summed E-state index contributed by atoms with van der Waals surface area (Å²) in [5.41, 5.74) is 5.68. The van der Waals surface area contributed by atoms with Crippen LogP contribution in [-0.4, -0.2) is 57.5 Å². The lowest BCUT2D eigenvalue weighted by Crippen LogP contribution is -2.50. The Kier molecular flexibility index (Phi) is 11.2. The summed E-state index contributed by atoms with van der Waals surface area (Å²) in [4.78, 5) is 23.2. The monoisotopic (exact) mass is 411 g/mol. The minimum atomic E-state index is -1.21. The molecule has 154 valence electrons. The van der Waals surface area contributed by atoms with Crippen molar-refractivity contribution in [2.45, 2.75) is 18.4 Å². The van der Waals surface area contributed by atoms with Gasteiger partial charge in [-0.25, -0.2) is 0 Å². The average molecular weight is 412 g/mol. The number of nitrogens with two attached hydrogens (primary N) is 1. The first-order valence-electron chi connectivity index (χ1n) is 8.32. The van der Waals surface area contributed by atoms with E-state index in [1.54, 1.807) is 55.5 Å². The van der Waals surface area contributed by atoms with Crippen LogP contribution in [0.2, 0.25) is 0 Å². The molecule has 0 radical (unpaired) electrons. The van der Waals surface area contributed by atoms with E-state index in [1.165, 1.54) is 0 Å². The summed E-state index contributed by atoms with van der Waals surface area (Å²) in [6, 6.07) is 15.7. The standard InChI is InChI=1S/C16H14O3.C4H11NO3.ClH/c1-11(16(18)19)13-8-5-9-14(10-13)15(17)12-6-3-2-4-7-12;5-4(1-6,2-7)3-8;/h2-11H,1H3,(H,18,19);6-8H,1-3,5H2;1H. The lowest BCUT2D eigenvalue weighted by molar-refractivity contribution is -0.138. The van der Waals surface area contributed by atoms with Gasteiger partial charge in [0.05, 0.1) is 31.3 Å². The van der Waals surface area contributed by atoms with Crippen LogP contribution in [0.3, 0.4) is 0 Å². The van der Waals surface area contributed by atoms with Gasteiger partial charge in [-0.1, -0.05) is 48.5 Å². The fourth-order valence-corrected chi connectivity index (χ4v) is 2.00. The highest BCUT2D eigenvalue weighted by atomic mass is 35.5. The molecular weight excluding hydrogens is 386 g/mol. The number of carboxylic acid groups (broad SMARTS) is 1. The number of aliphatic hydroxyl groups excluding tert-OH is 3. The number of hydrogen-bond acceptors (Lipinski definition) is 6. The smallest absolute Gasteiger partial charge is 0.310 e. The molecule has 0 aliphatic carbocycles. The Hall–Kier alpha value is -2.29. The first kappa shape index (κ1) is 25.7. The maximum atomic E-state index is 12.2. The second-order valence-electron chi connectivity index (χ2n) is 6.22. The first-order chi connectivity index (χ1) is 12.8. The summed E-state index contributed by atoms with van der Waals surface area (Å²) in [6.45, 7) is 0.397. The Morgan fingerprint density at radius 3 is 1.86 bits per heavy atom. The molecule has 0 aliphatic rings. The zero-order valence-electron chi connectivity index (χ0n) is 15.5. The van der Waals surface area contributed by atoms with Crippen molar-refractivity contribution in [1.29, 1.82) is 0 Å². The van der Waals surface area contributed by atoms with Crippen LogP contribution in [0.15, 0.2) is 54.6 Å². The van der Waals surface area contributed by atoms with E-state index in [0.717, 1.165) is 0 Å². The molecule has 0 fully saturated rings. The number of hydrogen-bond donors (Lipinski definition) is 5. The normalized spacial score (nSPS) is 11.5. The van der Waals surface area contributed by atoms with Crippen molar-refractivity contribution >= 4 is 24.2 Å². The van der Waals surface area contributed by atoms with Gasteiger partial charge >= 0.3 is 5.97 Å². The molecule has 1 unspecified atom stereocenters. The summed E-state index contributed by atoms with van der Waals surface area (Å²) in [5.74, 6) is -1.62. The predicted octanol–water partition coefficient (Wildman–Crippen LogP) is 1.19. The van der Waals surface area contributed by atoms with Gasteiger partial charge < -0.3 is 26.2 Å². The summed E-state index contributed by atoms with van der Waals surface area (Å²) in [7, 11) is 0. The fourth-order valence-electron chi connectivity index (χ4n) is 2.00. The molecule has 2 aromatic carbocycles. The number of aliphatic hydroxyl groups is 3. The van der Waals surface area contributed by atoms with E-state index in [0.29, 0.717) is 16.7 Å². The molecular formula is C20H26ClNO6. The molecule has 7 nitrogen and oxygen atoms in total. The van der Waals surface area contributed by atoms with Gasteiger partial charge in [-0.15, -0.1) is 12.4 Å². The highest BCUT2D eigenvalue weighted by Gasteiger charge is 2.20. The van der Waals surface area contributed by atoms with Crippen molar-refractivity contribution in [1.82, 2.24) is 0 Å². The van der Waals surface area contributed by atoms with Gasteiger partial charge in [0.2, 0.25) is 0 Å². The molecule has 0 spiro atoms. The number of aliphatic carboxylic acids is 1. The molecule has 8 heteroatoms. The Bertz CT molecular complexity index is 741. The van der Waals surface area contributed by atoms with Gasteiger partial charge in [0.15, 0.2) is 5.78 Å². The van der Waals surface area contributed by atoms with Gasteiger partial charge in [-0.05, 0) is 18.6 Å². The average Bonchev–Trinajstić information content (AvgIpc) is 2.73. The van der Waals surface area contributed by atoms with E-state index < -0.39 is 37.2 Å². The molecule has 0 heterocycles. The Labute approximate surface area is 169 Å². The number of rotatable bonds is 7. The number of halogens is 1. The third-order valence-corrected chi connectivity index (χ3v) is 4.00. The van der Waals surface area contributed by atoms with Gasteiger partial charge in [0.1, 0.15) is 0 Å². The first-order valence-corrected chi connectivity index (χ1v) is 8.32. The third-order valence-electron chi connectivity index (χ3n) is 4.00. The fraction of sp³-hybridized carbons (Fsp3) is 0.300. The Morgan fingerprint density at radius 2 is 1.43 bits per heavy atom. The van der Waals surface area contributed by atoms with Crippen LogP contribution in [0.1, 0.15) is 34.3 Å². The summed E-state index contributed by atoms with van der Waals surface area (Å²) in [6.07, 6.45) is 0. The van der Waals surface area contributed by atoms with E-state index >= 15 is 0 Å². The van der Waals surface area contributed by atoms with E-state index in [-0.39, 0.29) is 18.2 Å². The topological polar surface area (TPSA) is 141 Å². The zero-order chi connectivity index (χ0) is 20.4. The van der Waals surface area contributed by atoms with Crippen LogP contribution in [0, 0.1) is 0 Å². The molecule has 0 amide bonds. The number of carbonyl (C=O) groups is 2. The van der Waals surface area contributed by atoms with Gasteiger partial charge in [0, 0.05) is 11.1 Å². The van der Waals surface area contributed by atoms with Crippen molar-refractivity contribution in [2.75, 3.05) is 19.8 Å². The highest BCUT2D eigenvalue weighted by Crippen LogP contribution is 2.18. The molecule has 2 aromatic rings. The van der Waals surface area contributed by atoms with Crippen LogP contribution in [0.25, 0.3) is 0 Å². The molecule has 0 saturated carbocycles. The van der Waals surface area contributed by atoms with Crippen LogP contribution in [0.4, 0.5) is 0 Å². The maximum absolute atomic E-state index is 12.2. The van der Waals surface area contributed by atoms with E-state index in [1.807, 2.05) is 6.07 Å². The van der Waals surface area contributed by atoms with E-state index in [9.17, 15) is 9.59 Å². The maximum Gasteiger partial charge on any atom is 0.310 e. The lowest BCUT2D eigenvalue weighted by atomic mass is 9.96. The van der Waals surface area contributed by atoms with Crippen LogP contribution in [0.5, 0.6) is 0 Å². The summed E-state index contributed by atoms with van der Waals surface area (Å²) < 4.78 is 0. The van der Waals surface area contributed by atoms with Crippen molar-refractivity contribution < 1.29 is 30.0 Å². The third kappa shape index (κ3) is 7.38. The molecule has 0 aliphatic heterocycles. The van der Waals surface area contributed by atoms with Crippen molar-refractivity contribution in [3.8, 4) is 0 Å². The SMILES string of the molecule is CC(C(=O)O)c1cccc(C(=O)c2ccccc2)c1.Cl.NC(CO)(CO)CO. The van der Waals surface area contributed by atoms with Crippen molar-refractivity contribution in [3.63, 3.8) is 0 Å². The molecule has 0 bridgehead atoms. The summed E-state index contributed by atoms with van der Waals surface area (Å²) >= 11 is 0. The van der Waals surface area contributed by atoms with Crippen LogP contribution >= 0.6 is 12.4 Å². The minimum absolute atomic E-state index is 0. The number of benzene rings is 2. The highest BCUT2D eigenvalue weighted by molar-refractivity contribution is 6.09. The quantitative estimate of drug-likeness (QED) is 0.431. The van der Waals surface area contributed by atoms with Crippen LogP contribution in [-0.2, 0) is 4.79 Å². The molecule has 0 aromatic heterocycles. The molecule has 0 saturated heterocycles. The van der Waals surface area contributed by atoms with Gasteiger partial charge in [0.25, 0.3) is 0 Å². The number of carboxylic acids is 1. The summed E-state index contributed by atoms with van der Waals surface area (Å²) in [5, 5.41) is 34.0. The van der Waals surface area contributed by atoms with Crippen molar-refractivity contribution in [3.05, 3.63) is 71.3 Å². The molecule has 2 rings (SSSR count). The number of ketones is 1. The molecule has 28 heavy (non-hydrogen) atoms. The molecule has 6 N–H and O–H groups in total. The predicted molar refractivity (Wildman–Crippen MR) is 108 cm³/mol. The van der Waals surface area contributed by atoms with Crippen LogP contribution < -0.4 is 5.73 Å². The van der Waals surface area contributed by atoms with Gasteiger partial charge in [-0.2, -0.15) is 0 Å². The number of carbonyl (C=O) groups excluding carboxylic acids is 1. The molecule has 1 atom stereocenters. The Balaban J connectivity index is 0.000000694. The van der Waals surface area contributed by atoms with Crippen molar-refractivity contribution in [2.24, 2.45) is 5.73 Å². The zero-order valence-corrected chi connectivity index (χ0v) is 16.3. The second kappa shape index (κ2) is 12.2. The van der Waals surface area contributed by atoms with Gasteiger partial charge in [-0.3, -0.25) is 9.59 Å².